The van der Waals surface area contributed by atoms with E-state index in [2.05, 4.69) is 36.4 Å². The largest absolute Gasteiger partial charge is 0.366 e. The summed E-state index contributed by atoms with van der Waals surface area (Å²) < 4.78 is 4.45. The Balaban J connectivity index is 1.41. The fraction of sp³-hybridized carbons (Fsp3) is 0.538. The normalized spacial score (nSPS) is 18.6. The smallest absolute Gasteiger partial charge is 0.266 e. The molecule has 8 heteroatoms. The van der Waals surface area contributed by atoms with Crippen LogP contribution < -0.4 is 15.4 Å². The predicted molar refractivity (Wildman–Crippen MR) is 81.1 cm³/mol. The van der Waals surface area contributed by atoms with Gasteiger partial charge in [0.25, 0.3) is 5.56 Å². The van der Waals surface area contributed by atoms with Gasteiger partial charge in [-0.2, -0.15) is 9.47 Å². The lowest BCUT2D eigenvalue weighted by Crippen LogP contribution is -2.59. The van der Waals surface area contributed by atoms with Crippen LogP contribution in [0.5, 0.6) is 0 Å². The number of anilines is 2. The Morgan fingerprint density at radius 3 is 2.95 bits per heavy atom. The summed E-state index contributed by atoms with van der Waals surface area (Å²) in [5, 5.41) is 7.22. The molecule has 2 aromatic rings. The van der Waals surface area contributed by atoms with Crippen LogP contribution in [0.3, 0.4) is 0 Å². The molecule has 21 heavy (non-hydrogen) atoms. The second-order valence-electron chi connectivity index (χ2n) is 5.68. The van der Waals surface area contributed by atoms with E-state index in [0.717, 1.165) is 29.7 Å². The minimum Gasteiger partial charge on any atom is -0.366 e. The molecular formula is C13H16N6OS. The Kier molecular flexibility index (Phi) is 2.91. The lowest BCUT2D eigenvalue weighted by Gasteiger charge is -2.44. The van der Waals surface area contributed by atoms with Crippen LogP contribution in [0.1, 0.15) is 24.6 Å². The third-order valence-electron chi connectivity index (χ3n) is 4.10. The number of aromatic amines is 1. The maximum atomic E-state index is 11.3. The molecule has 110 valence electrons. The average Bonchev–Trinajstić information content (AvgIpc) is 3.15. The van der Waals surface area contributed by atoms with E-state index in [0.29, 0.717) is 12.0 Å². The fourth-order valence-corrected chi connectivity index (χ4v) is 3.26. The van der Waals surface area contributed by atoms with Crippen LogP contribution in [-0.4, -0.2) is 45.7 Å². The van der Waals surface area contributed by atoms with Gasteiger partial charge in [-0.15, -0.1) is 0 Å². The number of likely N-dealkylation sites (N-methyl/N-ethyl adjacent to an activating group) is 1. The lowest BCUT2D eigenvalue weighted by atomic mass is 10.1. The Bertz CT molecular complexity index is 702. The van der Waals surface area contributed by atoms with E-state index in [1.165, 1.54) is 24.4 Å². The molecule has 1 saturated heterocycles. The van der Waals surface area contributed by atoms with Crippen molar-refractivity contribution in [1.82, 2.24) is 19.6 Å². The Morgan fingerprint density at radius 2 is 2.24 bits per heavy atom. The summed E-state index contributed by atoms with van der Waals surface area (Å²) in [4.78, 5) is 20.2. The maximum absolute atomic E-state index is 11.3. The summed E-state index contributed by atoms with van der Waals surface area (Å²) in [6.45, 7) is 1.75. The summed E-state index contributed by atoms with van der Waals surface area (Å²) in [6.07, 6.45) is 4.15. The van der Waals surface area contributed by atoms with E-state index >= 15 is 0 Å². The molecule has 1 aliphatic heterocycles. The van der Waals surface area contributed by atoms with Crippen LogP contribution in [-0.2, 0) is 0 Å². The maximum Gasteiger partial charge on any atom is 0.266 e. The van der Waals surface area contributed by atoms with Crippen molar-refractivity contribution in [2.24, 2.45) is 0 Å². The van der Waals surface area contributed by atoms with Gasteiger partial charge in [-0.25, -0.2) is 10.1 Å². The monoisotopic (exact) mass is 304 g/mol. The molecule has 0 atom stereocenters. The minimum atomic E-state index is -0.164. The summed E-state index contributed by atoms with van der Waals surface area (Å²) in [5.74, 6) is 1.61. The number of nitrogens with one attached hydrogen (secondary N) is 1. The first-order chi connectivity index (χ1) is 10.2. The second-order valence-corrected chi connectivity index (χ2v) is 6.41. The molecule has 2 aromatic heterocycles. The molecule has 0 aromatic carbocycles. The van der Waals surface area contributed by atoms with Gasteiger partial charge in [-0.1, -0.05) is 0 Å². The van der Waals surface area contributed by atoms with Crippen molar-refractivity contribution in [1.29, 1.82) is 0 Å². The summed E-state index contributed by atoms with van der Waals surface area (Å²) >= 11 is 1.48. The van der Waals surface area contributed by atoms with Crippen molar-refractivity contribution in [2.45, 2.75) is 24.8 Å². The number of aromatic nitrogens is 4. The molecule has 0 radical (unpaired) electrons. The molecule has 3 heterocycles. The van der Waals surface area contributed by atoms with Crippen molar-refractivity contribution in [3.63, 3.8) is 0 Å². The molecular weight excluding hydrogens is 288 g/mol. The van der Waals surface area contributed by atoms with Gasteiger partial charge in [-0.05, 0) is 12.8 Å². The van der Waals surface area contributed by atoms with Crippen LogP contribution >= 0.6 is 11.5 Å². The molecule has 4 rings (SSSR count). The molecule has 0 spiro atoms. The van der Waals surface area contributed by atoms with Crippen LogP contribution in [0.25, 0.3) is 0 Å². The van der Waals surface area contributed by atoms with Crippen molar-refractivity contribution in [2.75, 3.05) is 29.9 Å². The third kappa shape index (κ3) is 2.39. The second kappa shape index (κ2) is 4.80. The van der Waals surface area contributed by atoms with Gasteiger partial charge in [-0.3, -0.25) is 4.79 Å². The third-order valence-corrected chi connectivity index (χ3v) is 4.92. The highest BCUT2D eigenvalue weighted by atomic mass is 32.1. The van der Waals surface area contributed by atoms with Crippen molar-refractivity contribution in [3.8, 4) is 0 Å². The van der Waals surface area contributed by atoms with Gasteiger partial charge in [0, 0.05) is 43.7 Å². The average molecular weight is 304 g/mol. The number of H-pyrrole nitrogens is 1. The summed E-state index contributed by atoms with van der Waals surface area (Å²) in [5.41, 5.74) is 0.710. The zero-order valence-electron chi connectivity index (χ0n) is 11.7. The minimum absolute atomic E-state index is 0.164. The van der Waals surface area contributed by atoms with Crippen molar-refractivity contribution in [3.05, 3.63) is 28.4 Å². The zero-order valence-corrected chi connectivity index (χ0v) is 12.5. The first kappa shape index (κ1) is 12.8. The van der Waals surface area contributed by atoms with Crippen LogP contribution in [0.4, 0.5) is 10.8 Å². The highest BCUT2D eigenvalue weighted by Gasteiger charge is 2.33. The van der Waals surface area contributed by atoms with E-state index < -0.39 is 0 Å². The molecule has 0 unspecified atom stereocenters. The SMILES string of the molecule is CN(c1nc(C2CC2)ns1)C1CN(c2cn[nH]c(=O)c2)C1. The number of hydrogen-bond donors (Lipinski definition) is 1. The van der Waals surface area contributed by atoms with Gasteiger partial charge in [0.05, 0.1) is 17.9 Å². The molecule has 2 aliphatic rings. The van der Waals surface area contributed by atoms with Gasteiger partial charge in [0.15, 0.2) is 0 Å². The van der Waals surface area contributed by atoms with Gasteiger partial charge in [0.1, 0.15) is 5.82 Å². The first-order valence-corrected chi connectivity index (χ1v) is 7.84. The van der Waals surface area contributed by atoms with E-state index in [9.17, 15) is 4.79 Å². The highest BCUT2D eigenvalue weighted by molar-refractivity contribution is 7.09. The molecule has 0 amide bonds. The predicted octanol–water partition coefficient (Wildman–Crippen LogP) is 0.824. The summed E-state index contributed by atoms with van der Waals surface area (Å²) in [7, 11) is 2.06. The number of rotatable bonds is 4. The molecule has 1 N–H and O–H groups in total. The van der Waals surface area contributed by atoms with E-state index in [1.54, 1.807) is 12.3 Å². The Labute approximate surface area is 125 Å². The quantitative estimate of drug-likeness (QED) is 0.901. The van der Waals surface area contributed by atoms with Crippen LogP contribution in [0.2, 0.25) is 0 Å². The summed E-state index contributed by atoms with van der Waals surface area (Å²) in [6, 6.07) is 1.99. The lowest BCUT2D eigenvalue weighted by molar-refractivity contribution is 0.494. The van der Waals surface area contributed by atoms with Gasteiger partial charge >= 0.3 is 0 Å². The topological polar surface area (TPSA) is 78.0 Å². The molecule has 2 fully saturated rings. The number of hydrogen-bond acceptors (Lipinski definition) is 7. The van der Waals surface area contributed by atoms with Gasteiger partial charge < -0.3 is 9.80 Å². The van der Waals surface area contributed by atoms with Crippen LogP contribution in [0, 0.1) is 0 Å². The fourth-order valence-electron chi connectivity index (χ4n) is 2.48. The first-order valence-electron chi connectivity index (χ1n) is 7.07. The molecule has 1 aliphatic carbocycles. The van der Waals surface area contributed by atoms with Gasteiger partial charge in [0.2, 0.25) is 5.13 Å². The van der Waals surface area contributed by atoms with Crippen molar-refractivity contribution < 1.29 is 0 Å². The van der Waals surface area contributed by atoms with E-state index in [-0.39, 0.29) is 5.56 Å². The van der Waals surface area contributed by atoms with Crippen LogP contribution in [0.15, 0.2) is 17.1 Å². The van der Waals surface area contributed by atoms with Crippen molar-refractivity contribution >= 4 is 22.4 Å². The Morgan fingerprint density at radius 1 is 1.43 bits per heavy atom. The van der Waals surface area contributed by atoms with E-state index in [1.807, 2.05) is 0 Å². The molecule has 1 saturated carbocycles. The zero-order chi connectivity index (χ0) is 14.4. The molecule has 7 nitrogen and oxygen atoms in total. The van der Waals surface area contributed by atoms with E-state index in [4.69, 9.17) is 0 Å². The highest BCUT2D eigenvalue weighted by Crippen LogP contribution is 2.40. The Hall–Kier alpha value is -1.96. The molecule has 0 bridgehead atoms. The number of nitrogens with zero attached hydrogens (tertiary/aromatic N) is 5. The standard InChI is InChI=1S/C13H16N6OS/c1-18(13-15-12(17-21-13)8-2-3-8)10-6-19(7-10)9-4-11(20)16-14-5-9/h4-5,8,10H,2-3,6-7H2,1H3,(H,16,20).